The van der Waals surface area contributed by atoms with Crippen LogP contribution in [0.3, 0.4) is 0 Å². The second kappa shape index (κ2) is 7.66. The lowest BCUT2D eigenvalue weighted by atomic mass is 10.1. The van der Waals surface area contributed by atoms with Gasteiger partial charge in [-0.05, 0) is 35.9 Å². The van der Waals surface area contributed by atoms with Gasteiger partial charge in [-0.2, -0.15) is 5.26 Å². The monoisotopic (exact) mass is 308 g/mol. The summed E-state index contributed by atoms with van der Waals surface area (Å²) in [4.78, 5) is 12.3. The van der Waals surface area contributed by atoms with Crippen LogP contribution in [0.25, 0.3) is 6.08 Å². The maximum Gasteiger partial charge on any atom is 0.266 e. The normalized spacial score (nSPS) is 10.6. The van der Waals surface area contributed by atoms with Gasteiger partial charge in [0.15, 0.2) is 0 Å². The maximum atomic E-state index is 12.3. The third-order valence-corrected chi connectivity index (χ3v) is 3.13. The minimum absolute atomic E-state index is 0.0100. The lowest BCUT2D eigenvalue weighted by Gasteiger charge is -2.09. The number of nitrogens with one attached hydrogen (secondary N) is 1. The minimum atomic E-state index is -0.500. The molecular formula is C18H16N2O3. The van der Waals surface area contributed by atoms with Gasteiger partial charge < -0.3 is 14.8 Å². The van der Waals surface area contributed by atoms with Gasteiger partial charge in [-0.1, -0.05) is 24.3 Å². The number of nitrogens with zero attached hydrogens (tertiary/aromatic N) is 1. The maximum absolute atomic E-state index is 12.3. The first-order chi connectivity index (χ1) is 11.2. The molecule has 0 heterocycles. The van der Waals surface area contributed by atoms with Crippen LogP contribution in [-0.2, 0) is 4.79 Å². The number of ether oxygens (including phenoxy) is 2. The number of benzene rings is 2. The fourth-order valence-corrected chi connectivity index (χ4v) is 1.98. The summed E-state index contributed by atoms with van der Waals surface area (Å²) in [5.74, 6) is 0.681. The first kappa shape index (κ1) is 16.1. The molecule has 116 valence electrons. The summed E-state index contributed by atoms with van der Waals surface area (Å²) in [6.07, 6.45) is 1.51. The van der Waals surface area contributed by atoms with E-state index in [4.69, 9.17) is 9.47 Å². The Morgan fingerprint density at radius 1 is 1.13 bits per heavy atom. The molecule has 2 rings (SSSR count). The number of para-hydroxylation sites is 2. The zero-order valence-corrected chi connectivity index (χ0v) is 12.9. The summed E-state index contributed by atoms with van der Waals surface area (Å²) in [7, 11) is 3.07. The Labute approximate surface area is 134 Å². The molecule has 0 fully saturated rings. The van der Waals surface area contributed by atoms with E-state index in [1.165, 1.54) is 13.2 Å². The smallest absolute Gasteiger partial charge is 0.266 e. The molecule has 0 aromatic heterocycles. The molecule has 0 spiro atoms. The minimum Gasteiger partial charge on any atom is -0.497 e. The number of hydrogen-bond acceptors (Lipinski definition) is 4. The number of carbonyl (C=O) groups is 1. The van der Waals surface area contributed by atoms with Crippen LogP contribution in [0.5, 0.6) is 11.5 Å². The molecule has 0 aliphatic rings. The van der Waals surface area contributed by atoms with Crippen LogP contribution < -0.4 is 14.8 Å². The third-order valence-electron chi connectivity index (χ3n) is 3.13. The van der Waals surface area contributed by atoms with Gasteiger partial charge in [0, 0.05) is 0 Å². The van der Waals surface area contributed by atoms with E-state index >= 15 is 0 Å². The number of methoxy groups -OCH3 is 2. The Balaban J connectivity index is 2.24. The first-order valence-corrected chi connectivity index (χ1v) is 6.88. The van der Waals surface area contributed by atoms with E-state index in [2.05, 4.69) is 5.32 Å². The number of amides is 1. The predicted molar refractivity (Wildman–Crippen MR) is 88.2 cm³/mol. The first-order valence-electron chi connectivity index (χ1n) is 6.88. The second-order valence-corrected chi connectivity index (χ2v) is 4.60. The molecule has 0 saturated carbocycles. The van der Waals surface area contributed by atoms with Crippen molar-refractivity contribution in [2.75, 3.05) is 19.5 Å². The molecule has 0 aliphatic carbocycles. The van der Waals surface area contributed by atoms with Crippen LogP contribution in [0.1, 0.15) is 5.56 Å². The SMILES string of the molecule is COc1cccc(C=C(C#N)C(=O)Nc2ccccc2OC)c1. The topological polar surface area (TPSA) is 71.3 Å². The molecule has 0 aliphatic heterocycles. The van der Waals surface area contributed by atoms with Gasteiger partial charge in [0.2, 0.25) is 0 Å². The Hall–Kier alpha value is -3.26. The van der Waals surface area contributed by atoms with Crippen LogP contribution in [0, 0.1) is 11.3 Å². The van der Waals surface area contributed by atoms with E-state index in [0.717, 1.165) is 0 Å². The average molecular weight is 308 g/mol. The van der Waals surface area contributed by atoms with Gasteiger partial charge in [0.05, 0.1) is 19.9 Å². The summed E-state index contributed by atoms with van der Waals surface area (Å²) in [5, 5.41) is 11.9. The van der Waals surface area contributed by atoms with Crippen molar-refractivity contribution in [2.24, 2.45) is 0 Å². The molecule has 0 saturated heterocycles. The molecule has 1 amide bonds. The van der Waals surface area contributed by atoms with E-state index < -0.39 is 5.91 Å². The Kier molecular flexibility index (Phi) is 5.37. The van der Waals surface area contributed by atoms with Crippen molar-refractivity contribution >= 4 is 17.7 Å². The van der Waals surface area contributed by atoms with E-state index in [0.29, 0.717) is 22.7 Å². The molecule has 5 heteroatoms. The van der Waals surface area contributed by atoms with Gasteiger partial charge in [-0.25, -0.2) is 0 Å². The Bertz CT molecular complexity index is 776. The molecule has 23 heavy (non-hydrogen) atoms. The van der Waals surface area contributed by atoms with Crippen molar-refractivity contribution in [3.63, 3.8) is 0 Å². The lowest BCUT2D eigenvalue weighted by Crippen LogP contribution is -2.14. The van der Waals surface area contributed by atoms with Gasteiger partial charge in [-0.15, -0.1) is 0 Å². The summed E-state index contributed by atoms with van der Waals surface area (Å²) in [5.41, 5.74) is 1.20. The number of nitriles is 1. The largest absolute Gasteiger partial charge is 0.497 e. The summed E-state index contributed by atoms with van der Waals surface area (Å²) in [6.45, 7) is 0. The van der Waals surface area contributed by atoms with Crippen LogP contribution in [0.2, 0.25) is 0 Å². The highest BCUT2D eigenvalue weighted by Crippen LogP contribution is 2.24. The van der Waals surface area contributed by atoms with Gasteiger partial charge >= 0.3 is 0 Å². The molecule has 0 radical (unpaired) electrons. The number of rotatable bonds is 5. The summed E-state index contributed by atoms with van der Waals surface area (Å²) >= 11 is 0. The zero-order chi connectivity index (χ0) is 16.7. The van der Waals surface area contributed by atoms with Gasteiger partial charge in [-0.3, -0.25) is 4.79 Å². The van der Waals surface area contributed by atoms with Crippen LogP contribution in [0.15, 0.2) is 54.1 Å². The molecule has 0 unspecified atom stereocenters. The second-order valence-electron chi connectivity index (χ2n) is 4.60. The number of anilines is 1. The van der Waals surface area contributed by atoms with Crippen molar-refractivity contribution in [2.45, 2.75) is 0 Å². The molecule has 2 aromatic carbocycles. The predicted octanol–water partition coefficient (Wildman–Crippen LogP) is 3.25. The standard InChI is InChI=1S/C18H16N2O3/c1-22-15-7-5-6-13(11-15)10-14(12-19)18(21)20-16-8-3-4-9-17(16)23-2/h3-11H,1-2H3,(H,20,21). The molecule has 2 aromatic rings. The third kappa shape index (κ3) is 4.11. The van der Waals surface area contributed by atoms with E-state index in [1.54, 1.807) is 55.6 Å². The quantitative estimate of drug-likeness (QED) is 0.680. The van der Waals surface area contributed by atoms with Crippen molar-refractivity contribution in [1.29, 1.82) is 5.26 Å². The Morgan fingerprint density at radius 2 is 1.91 bits per heavy atom. The van der Waals surface area contributed by atoms with Crippen molar-refractivity contribution < 1.29 is 14.3 Å². The highest BCUT2D eigenvalue weighted by Gasteiger charge is 2.12. The molecule has 0 atom stereocenters. The van der Waals surface area contributed by atoms with E-state index in [1.807, 2.05) is 6.07 Å². The number of carbonyl (C=O) groups excluding carboxylic acids is 1. The van der Waals surface area contributed by atoms with Gasteiger partial charge in [0.25, 0.3) is 5.91 Å². The van der Waals surface area contributed by atoms with E-state index in [-0.39, 0.29) is 5.57 Å². The van der Waals surface area contributed by atoms with Gasteiger partial charge in [0.1, 0.15) is 23.1 Å². The summed E-state index contributed by atoms with van der Waals surface area (Å²) < 4.78 is 10.3. The highest BCUT2D eigenvalue weighted by atomic mass is 16.5. The fraction of sp³-hybridized carbons (Fsp3) is 0.111. The van der Waals surface area contributed by atoms with Crippen LogP contribution >= 0.6 is 0 Å². The number of hydrogen-bond donors (Lipinski definition) is 1. The average Bonchev–Trinajstić information content (AvgIpc) is 2.60. The highest BCUT2D eigenvalue weighted by molar-refractivity contribution is 6.10. The van der Waals surface area contributed by atoms with Crippen LogP contribution in [-0.4, -0.2) is 20.1 Å². The van der Waals surface area contributed by atoms with Crippen molar-refractivity contribution in [3.05, 3.63) is 59.7 Å². The van der Waals surface area contributed by atoms with Crippen LogP contribution in [0.4, 0.5) is 5.69 Å². The van der Waals surface area contributed by atoms with Crippen molar-refractivity contribution in [3.8, 4) is 17.6 Å². The molecular weight excluding hydrogens is 292 g/mol. The fourth-order valence-electron chi connectivity index (χ4n) is 1.98. The summed E-state index contributed by atoms with van der Waals surface area (Å²) in [6, 6.07) is 16.0. The van der Waals surface area contributed by atoms with Crippen molar-refractivity contribution in [1.82, 2.24) is 0 Å². The molecule has 1 N–H and O–H groups in total. The molecule has 0 bridgehead atoms. The Morgan fingerprint density at radius 3 is 2.61 bits per heavy atom. The lowest BCUT2D eigenvalue weighted by molar-refractivity contribution is -0.112. The zero-order valence-electron chi connectivity index (χ0n) is 12.9. The molecule has 5 nitrogen and oxygen atoms in total. The van der Waals surface area contributed by atoms with E-state index in [9.17, 15) is 10.1 Å².